The molecule has 0 bridgehead atoms. The number of likely N-dealkylation sites (N-methyl/N-ethyl adjacent to an activating group) is 1. The number of aromatic nitrogens is 2. The van der Waals surface area contributed by atoms with Gasteiger partial charge in [-0.05, 0) is 67.5 Å². The molecule has 0 radical (unpaired) electrons. The minimum atomic E-state index is 0.401. The van der Waals surface area contributed by atoms with Gasteiger partial charge in [0, 0.05) is 42.6 Å². The fourth-order valence-corrected chi connectivity index (χ4v) is 5.19. The van der Waals surface area contributed by atoms with Crippen molar-refractivity contribution in [1.82, 2.24) is 9.97 Å². The van der Waals surface area contributed by atoms with Crippen LogP contribution in [0, 0.1) is 12.3 Å². The molecule has 0 spiro atoms. The van der Waals surface area contributed by atoms with Gasteiger partial charge in [-0.15, -0.1) is 0 Å². The zero-order valence-electron chi connectivity index (χ0n) is 21.9. The molecule has 0 saturated carbocycles. The lowest BCUT2D eigenvalue weighted by Crippen LogP contribution is -2.38. The molecule has 5 nitrogen and oxygen atoms in total. The number of benzene rings is 1. The Labute approximate surface area is 225 Å². The molecule has 7 heteroatoms. The summed E-state index contributed by atoms with van der Waals surface area (Å²) in [5.74, 6) is 0.634. The lowest BCUT2D eigenvalue weighted by molar-refractivity contribution is 0.279. The normalized spacial score (nSPS) is 15.1. The van der Waals surface area contributed by atoms with Crippen LogP contribution >= 0.6 is 23.2 Å². The third-order valence-corrected chi connectivity index (χ3v) is 7.73. The second-order valence-corrected chi connectivity index (χ2v) is 11.2. The third-order valence-electron chi connectivity index (χ3n) is 7.19. The monoisotopic (exact) mass is 526 g/mol. The van der Waals surface area contributed by atoms with Crippen molar-refractivity contribution in [3.8, 4) is 17.0 Å². The van der Waals surface area contributed by atoms with Gasteiger partial charge in [-0.1, -0.05) is 44.0 Å². The van der Waals surface area contributed by atoms with Gasteiger partial charge >= 0.3 is 0 Å². The first-order valence-electron chi connectivity index (χ1n) is 12.7. The van der Waals surface area contributed by atoms with E-state index in [1.165, 1.54) is 24.1 Å². The van der Waals surface area contributed by atoms with Crippen LogP contribution in [0.5, 0.6) is 5.75 Å². The Balaban J connectivity index is 1.49. The van der Waals surface area contributed by atoms with Crippen LogP contribution in [-0.4, -0.2) is 43.3 Å². The van der Waals surface area contributed by atoms with Crippen molar-refractivity contribution < 1.29 is 4.74 Å². The van der Waals surface area contributed by atoms with E-state index in [1.807, 2.05) is 19.4 Å². The van der Waals surface area contributed by atoms with Gasteiger partial charge in [0.05, 0.1) is 34.8 Å². The second-order valence-electron chi connectivity index (χ2n) is 10.3. The topological polar surface area (TPSA) is 41.5 Å². The van der Waals surface area contributed by atoms with E-state index in [0.29, 0.717) is 34.4 Å². The number of anilines is 2. The summed E-state index contributed by atoms with van der Waals surface area (Å²) in [6, 6.07) is 9.48. The molecule has 1 fully saturated rings. The predicted molar refractivity (Wildman–Crippen MR) is 152 cm³/mol. The predicted octanol–water partition coefficient (Wildman–Crippen LogP) is 7.46. The van der Waals surface area contributed by atoms with E-state index in [2.05, 4.69) is 49.6 Å². The average Bonchev–Trinajstić information content (AvgIpc) is 2.85. The van der Waals surface area contributed by atoms with Crippen molar-refractivity contribution in [3.63, 3.8) is 0 Å². The minimum Gasteiger partial charge on any atom is -0.490 e. The summed E-state index contributed by atoms with van der Waals surface area (Å²) < 4.78 is 5.84. The lowest BCUT2D eigenvalue weighted by atomic mass is 9.82. The Morgan fingerprint density at radius 3 is 2.44 bits per heavy atom. The number of aryl methyl sites for hydroxylation is 1. The molecule has 4 rings (SSSR count). The quantitative estimate of drug-likeness (QED) is 0.304. The molecule has 0 atom stereocenters. The van der Waals surface area contributed by atoms with Gasteiger partial charge in [-0.2, -0.15) is 0 Å². The van der Waals surface area contributed by atoms with Crippen molar-refractivity contribution in [2.75, 3.05) is 43.1 Å². The Morgan fingerprint density at radius 2 is 1.81 bits per heavy atom. The van der Waals surface area contributed by atoms with Crippen molar-refractivity contribution in [2.24, 2.45) is 5.41 Å². The Morgan fingerprint density at radius 1 is 1.06 bits per heavy atom. The lowest BCUT2D eigenvalue weighted by Gasteiger charge is -2.40. The summed E-state index contributed by atoms with van der Waals surface area (Å²) >= 11 is 12.2. The molecule has 1 aromatic carbocycles. The highest BCUT2D eigenvalue weighted by molar-refractivity contribution is 6.35. The number of hydrogen-bond acceptors (Lipinski definition) is 5. The van der Waals surface area contributed by atoms with Gasteiger partial charge in [0.2, 0.25) is 0 Å². The molecule has 1 aliphatic rings. The fourth-order valence-electron chi connectivity index (χ4n) is 4.73. The third kappa shape index (κ3) is 6.07. The summed E-state index contributed by atoms with van der Waals surface area (Å²) in [7, 11) is 2.03. The van der Waals surface area contributed by atoms with Gasteiger partial charge < -0.3 is 14.5 Å². The highest BCUT2D eigenvalue weighted by Crippen LogP contribution is 2.39. The van der Waals surface area contributed by atoms with Gasteiger partial charge in [0.25, 0.3) is 0 Å². The maximum atomic E-state index is 6.21. The number of rotatable bonds is 8. The highest BCUT2D eigenvalue weighted by Gasteiger charge is 2.28. The summed E-state index contributed by atoms with van der Waals surface area (Å²) in [5, 5.41) is 1.11. The molecule has 0 unspecified atom stereocenters. The first-order chi connectivity index (χ1) is 17.2. The van der Waals surface area contributed by atoms with Gasteiger partial charge in [-0.3, -0.25) is 9.97 Å². The Hall–Kier alpha value is -2.50. The van der Waals surface area contributed by atoms with E-state index in [4.69, 9.17) is 37.9 Å². The molecule has 0 N–H and O–H groups in total. The second kappa shape index (κ2) is 11.3. The first kappa shape index (κ1) is 26.6. The standard InChI is InChI=1S/C29H36Cl2N4O/c1-6-23-20(2)32-19-24(28(23)35-13-11-29(3,4)12-14-35)26-9-8-22(18-33-26)34(5)15-16-36-27-10-7-21(30)17-25(27)31/h7-10,17-19H,6,11-16H2,1-5H3. The van der Waals surface area contributed by atoms with Crippen molar-refractivity contribution >= 4 is 34.6 Å². The van der Waals surface area contributed by atoms with E-state index in [-0.39, 0.29) is 0 Å². The number of ether oxygens (including phenoxy) is 1. The van der Waals surface area contributed by atoms with E-state index in [9.17, 15) is 0 Å². The highest BCUT2D eigenvalue weighted by atomic mass is 35.5. The largest absolute Gasteiger partial charge is 0.490 e. The van der Waals surface area contributed by atoms with Crippen LogP contribution in [0.3, 0.4) is 0 Å². The Bertz CT molecular complexity index is 1190. The number of nitrogens with zero attached hydrogens (tertiary/aromatic N) is 4. The number of halogens is 2. The first-order valence-corrected chi connectivity index (χ1v) is 13.4. The van der Waals surface area contributed by atoms with E-state index in [1.54, 1.807) is 18.2 Å². The molecule has 3 heterocycles. The maximum absolute atomic E-state index is 6.21. The zero-order chi connectivity index (χ0) is 25.9. The van der Waals surface area contributed by atoms with Gasteiger partial charge in [-0.25, -0.2) is 0 Å². The van der Waals surface area contributed by atoms with Crippen LogP contribution < -0.4 is 14.5 Å². The van der Waals surface area contributed by atoms with Gasteiger partial charge in [0.15, 0.2) is 0 Å². The van der Waals surface area contributed by atoms with Crippen molar-refractivity contribution in [3.05, 3.63) is 64.0 Å². The molecule has 0 aliphatic carbocycles. The van der Waals surface area contributed by atoms with Crippen LogP contribution in [0.4, 0.5) is 11.4 Å². The number of piperidine rings is 1. The van der Waals surface area contributed by atoms with E-state index < -0.39 is 0 Å². The molecular weight excluding hydrogens is 491 g/mol. The van der Waals surface area contributed by atoms with Gasteiger partial charge in [0.1, 0.15) is 12.4 Å². The van der Waals surface area contributed by atoms with E-state index in [0.717, 1.165) is 42.1 Å². The molecular formula is C29H36Cl2N4O. The molecule has 1 saturated heterocycles. The van der Waals surface area contributed by atoms with Crippen LogP contribution in [0.2, 0.25) is 10.0 Å². The molecule has 192 valence electrons. The minimum absolute atomic E-state index is 0.401. The smallest absolute Gasteiger partial charge is 0.138 e. The zero-order valence-corrected chi connectivity index (χ0v) is 23.5. The van der Waals surface area contributed by atoms with E-state index >= 15 is 0 Å². The number of hydrogen-bond donors (Lipinski definition) is 0. The number of pyridine rings is 2. The van der Waals surface area contributed by atoms with Crippen LogP contribution in [-0.2, 0) is 6.42 Å². The van der Waals surface area contributed by atoms with Crippen LogP contribution in [0.1, 0.15) is 44.9 Å². The SMILES string of the molecule is CCc1c(C)ncc(-c2ccc(N(C)CCOc3ccc(Cl)cc3Cl)cn2)c1N1CCC(C)(C)CC1. The maximum Gasteiger partial charge on any atom is 0.138 e. The average molecular weight is 528 g/mol. The molecule has 1 aliphatic heterocycles. The molecule has 2 aromatic heterocycles. The van der Waals surface area contributed by atoms with Crippen LogP contribution in [0.15, 0.2) is 42.7 Å². The molecule has 3 aromatic rings. The van der Waals surface area contributed by atoms with Crippen LogP contribution in [0.25, 0.3) is 11.3 Å². The summed E-state index contributed by atoms with van der Waals surface area (Å²) in [4.78, 5) is 14.3. The van der Waals surface area contributed by atoms with Crippen molar-refractivity contribution in [2.45, 2.75) is 47.0 Å². The summed E-state index contributed by atoms with van der Waals surface area (Å²) in [6.45, 7) is 12.4. The van der Waals surface area contributed by atoms with Crippen molar-refractivity contribution in [1.29, 1.82) is 0 Å². The fraction of sp³-hybridized carbons (Fsp3) is 0.448. The molecule has 0 amide bonds. The molecule has 36 heavy (non-hydrogen) atoms. The summed E-state index contributed by atoms with van der Waals surface area (Å²) in [6.07, 6.45) is 7.27. The summed E-state index contributed by atoms with van der Waals surface area (Å²) in [5.41, 5.74) is 7.25. The Kier molecular flexibility index (Phi) is 8.31.